The fraction of sp³-hybridized carbons (Fsp3) is 0.0526. The molecule has 7 nitrogen and oxygen atoms in total. The lowest BCUT2D eigenvalue weighted by Crippen LogP contribution is -2.14. The molecule has 3 rings (SSSR count). The topological polar surface area (TPSA) is 98.5 Å². The molecule has 1 amide bonds. The predicted octanol–water partition coefficient (Wildman–Crippen LogP) is 5.02. The van der Waals surface area contributed by atoms with Crippen LogP contribution in [0, 0.1) is 10.1 Å². The first-order valence-electron chi connectivity index (χ1n) is 7.93. The fourth-order valence-corrected chi connectivity index (χ4v) is 3.69. The number of methoxy groups -OCH3 is 1. The number of hydrogen-bond donors (Lipinski definition) is 1. The summed E-state index contributed by atoms with van der Waals surface area (Å²) in [5.74, 6) is -1.20. The molecule has 0 aliphatic heterocycles. The zero-order valence-corrected chi connectivity index (χ0v) is 16.0. The highest BCUT2D eigenvalue weighted by Gasteiger charge is 2.23. The van der Waals surface area contributed by atoms with Gasteiger partial charge in [0.05, 0.1) is 12.0 Å². The summed E-state index contributed by atoms with van der Waals surface area (Å²) >= 11 is 6.94. The number of esters is 1. The summed E-state index contributed by atoms with van der Waals surface area (Å²) in [6.45, 7) is 0. The number of halogens is 1. The molecule has 1 heterocycles. The molecule has 1 N–H and O–H groups in total. The number of benzene rings is 2. The molecule has 0 atom stereocenters. The van der Waals surface area contributed by atoms with Crippen LogP contribution in [-0.4, -0.2) is 23.9 Å². The van der Waals surface area contributed by atoms with Gasteiger partial charge in [0.2, 0.25) is 0 Å². The summed E-state index contributed by atoms with van der Waals surface area (Å²) in [6.07, 6.45) is 0. The van der Waals surface area contributed by atoms with Gasteiger partial charge < -0.3 is 10.1 Å². The monoisotopic (exact) mass is 416 g/mol. The number of carbonyl (C=O) groups is 2. The van der Waals surface area contributed by atoms with Gasteiger partial charge in [-0.25, -0.2) is 4.79 Å². The van der Waals surface area contributed by atoms with Gasteiger partial charge in [-0.15, -0.1) is 11.3 Å². The highest BCUT2D eigenvalue weighted by molar-refractivity contribution is 7.15. The first-order valence-corrected chi connectivity index (χ1v) is 9.18. The number of nitrogens with zero attached hydrogens (tertiary/aromatic N) is 1. The molecule has 9 heteroatoms. The van der Waals surface area contributed by atoms with Gasteiger partial charge in [0.15, 0.2) is 0 Å². The molecule has 142 valence electrons. The van der Waals surface area contributed by atoms with Gasteiger partial charge >= 0.3 is 5.97 Å². The van der Waals surface area contributed by atoms with Crippen molar-refractivity contribution in [2.45, 2.75) is 0 Å². The van der Waals surface area contributed by atoms with E-state index in [1.54, 1.807) is 5.38 Å². The van der Waals surface area contributed by atoms with Crippen molar-refractivity contribution < 1.29 is 19.2 Å². The van der Waals surface area contributed by atoms with E-state index in [2.05, 4.69) is 5.32 Å². The molecule has 0 aliphatic carbocycles. The van der Waals surface area contributed by atoms with E-state index >= 15 is 0 Å². The molecule has 1 aromatic heterocycles. The van der Waals surface area contributed by atoms with Gasteiger partial charge in [-0.05, 0) is 17.7 Å². The Balaban J connectivity index is 1.98. The number of anilines is 1. The van der Waals surface area contributed by atoms with Crippen LogP contribution in [0.2, 0.25) is 5.02 Å². The lowest BCUT2D eigenvalue weighted by Gasteiger charge is -2.08. The zero-order chi connectivity index (χ0) is 20.3. The van der Waals surface area contributed by atoms with Crippen molar-refractivity contribution in [3.8, 4) is 11.1 Å². The summed E-state index contributed by atoms with van der Waals surface area (Å²) in [7, 11) is 1.25. The number of amides is 1. The summed E-state index contributed by atoms with van der Waals surface area (Å²) < 4.78 is 4.86. The predicted molar refractivity (Wildman–Crippen MR) is 107 cm³/mol. The average molecular weight is 417 g/mol. The maximum absolute atomic E-state index is 12.6. The van der Waals surface area contributed by atoms with Crippen LogP contribution in [0.25, 0.3) is 11.1 Å². The Bertz CT molecular complexity index is 1070. The second-order valence-corrected chi connectivity index (χ2v) is 6.88. The molecule has 0 spiro atoms. The number of ether oxygens (including phenoxy) is 1. The summed E-state index contributed by atoms with van der Waals surface area (Å²) in [6, 6.07) is 12.9. The summed E-state index contributed by atoms with van der Waals surface area (Å²) in [5, 5.41) is 15.6. The van der Waals surface area contributed by atoms with Gasteiger partial charge in [-0.1, -0.05) is 41.9 Å². The zero-order valence-electron chi connectivity index (χ0n) is 14.5. The minimum atomic E-state index is -0.669. The Labute approximate surface area is 168 Å². The minimum absolute atomic E-state index is 0.0431. The van der Waals surface area contributed by atoms with Crippen molar-refractivity contribution in [3.05, 3.63) is 80.2 Å². The first kappa shape index (κ1) is 19.5. The Morgan fingerprint density at radius 1 is 1.18 bits per heavy atom. The van der Waals surface area contributed by atoms with Gasteiger partial charge in [-0.2, -0.15) is 0 Å². The molecular weight excluding hydrogens is 404 g/mol. The van der Waals surface area contributed by atoms with Crippen LogP contribution >= 0.6 is 22.9 Å². The lowest BCUT2D eigenvalue weighted by molar-refractivity contribution is -0.384. The second kappa shape index (κ2) is 8.20. The van der Waals surface area contributed by atoms with Crippen molar-refractivity contribution in [1.29, 1.82) is 0 Å². The Morgan fingerprint density at radius 2 is 1.89 bits per heavy atom. The lowest BCUT2D eigenvalue weighted by atomic mass is 10.0. The molecule has 28 heavy (non-hydrogen) atoms. The van der Waals surface area contributed by atoms with E-state index in [1.165, 1.54) is 19.2 Å². The SMILES string of the molecule is COC(=O)c1c(-c2ccccc2)csc1NC(=O)c1ccc(Cl)c([N+](=O)[O-])c1. The van der Waals surface area contributed by atoms with E-state index in [1.807, 2.05) is 30.3 Å². The minimum Gasteiger partial charge on any atom is -0.465 e. The van der Waals surface area contributed by atoms with Crippen LogP contribution in [0.15, 0.2) is 53.9 Å². The molecule has 0 aliphatic rings. The van der Waals surface area contributed by atoms with Crippen molar-refractivity contribution in [2.75, 3.05) is 12.4 Å². The third kappa shape index (κ3) is 3.88. The molecule has 3 aromatic rings. The second-order valence-electron chi connectivity index (χ2n) is 5.59. The van der Waals surface area contributed by atoms with Crippen molar-refractivity contribution >= 4 is 45.5 Å². The van der Waals surface area contributed by atoms with E-state index in [4.69, 9.17) is 16.3 Å². The maximum Gasteiger partial charge on any atom is 0.341 e. The first-order chi connectivity index (χ1) is 13.4. The summed E-state index contributed by atoms with van der Waals surface area (Å²) in [5.41, 5.74) is 1.30. The van der Waals surface area contributed by atoms with Crippen molar-refractivity contribution in [3.63, 3.8) is 0 Å². The molecule has 0 saturated heterocycles. The van der Waals surface area contributed by atoms with Crippen LogP contribution in [0.3, 0.4) is 0 Å². The number of rotatable bonds is 5. The molecule has 0 fully saturated rings. The van der Waals surface area contributed by atoms with Crippen LogP contribution in [0.5, 0.6) is 0 Å². The molecule has 0 bridgehead atoms. The average Bonchev–Trinajstić information content (AvgIpc) is 3.11. The van der Waals surface area contributed by atoms with E-state index < -0.39 is 16.8 Å². The van der Waals surface area contributed by atoms with Gasteiger partial charge in [-0.3, -0.25) is 14.9 Å². The number of hydrogen-bond acceptors (Lipinski definition) is 6. The molecular formula is C19H13ClN2O5S. The number of nitro benzene ring substituents is 1. The standard InChI is InChI=1S/C19H13ClN2O5S/c1-27-19(24)16-13(11-5-3-2-4-6-11)10-28-18(16)21-17(23)12-7-8-14(20)15(9-12)22(25)26/h2-10H,1H3,(H,21,23). The van der Waals surface area contributed by atoms with Gasteiger partial charge in [0.1, 0.15) is 15.6 Å². The van der Waals surface area contributed by atoms with Gasteiger partial charge in [0.25, 0.3) is 11.6 Å². The van der Waals surface area contributed by atoms with Crippen molar-refractivity contribution in [2.24, 2.45) is 0 Å². The smallest absolute Gasteiger partial charge is 0.341 e. The van der Waals surface area contributed by atoms with Crippen molar-refractivity contribution in [1.82, 2.24) is 0 Å². The van der Waals surface area contributed by atoms with Crippen LogP contribution in [-0.2, 0) is 4.74 Å². The number of carbonyl (C=O) groups excluding carboxylic acids is 2. The number of nitrogens with one attached hydrogen (secondary N) is 1. The van der Waals surface area contributed by atoms with E-state index in [-0.39, 0.29) is 26.8 Å². The summed E-state index contributed by atoms with van der Waals surface area (Å²) in [4.78, 5) is 35.3. The molecule has 2 aromatic carbocycles. The highest BCUT2D eigenvalue weighted by atomic mass is 35.5. The fourth-order valence-electron chi connectivity index (χ4n) is 2.55. The third-order valence-corrected chi connectivity index (χ3v) is 5.11. The Hall–Kier alpha value is -3.23. The quantitative estimate of drug-likeness (QED) is 0.358. The Kier molecular flexibility index (Phi) is 5.72. The normalized spacial score (nSPS) is 10.4. The third-order valence-electron chi connectivity index (χ3n) is 3.90. The number of nitro groups is 1. The molecule has 0 unspecified atom stereocenters. The van der Waals surface area contributed by atoms with Crippen LogP contribution in [0.4, 0.5) is 10.7 Å². The maximum atomic E-state index is 12.6. The largest absolute Gasteiger partial charge is 0.465 e. The number of thiophene rings is 1. The van der Waals surface area contributed by atoms with Crippen LogP contribution in [0.1, 0.15) is 20.7 Å². The van der Waals surface area contributed by atoms with Gasteiger partial charge in [0, 0.05) is 22.6 Å². The van der Waals surface area contributed by atoms with E-state index in [9.17, 15) is 19.7 Å². The Morgan fingerprint density at radius 3 is 2.54 bits per heavy atom. The van der Waals surface area contributed by atoms with E-state index in [0.717, 1.165) is 23.0 Å². The molecule has 0 radical (unpaired) electrons. The van der Waals surface area contributed by atoms with Crippen LogP contribution < -0.4 is 5.32 Å². The van der Waals surface area contributed by atoms with E-state index in [0.29, 0.717) is 5.56 Å². The highest BCUT2D eigenvalue weighted by Crippen LogP contribution is 2.36. The molecule has 0 saturated carbocycles.